The number of carbonyl (C=O) groups excluding carboxylic acids is 1. The van der Waals surface area contributed by atoms with Gasteiger partial charge in [0.15, 0.2) is 0 Å². The predicted molar refractivity (Wildman–Crippen MR) is 88.5 cm³/mol. The van der Waals surface area contributed by atoms with Crippen LogP contribution in [0, 0.1) is 5.82 Å². The number of aryl methyl sites for hydroxylation is 1. The molecule has 24 heavy (non-hydrogen) atoms. The van der Waals surface area contributed by atoms with E-state index in [-0.39, 0.29) is 24.9 Å². The van der Waals surface area contributed by atoms with E-state index in [1.54, 1.807) is 23.1 Å². The monoisotopic (exact) mass is 329 g/mol. The molecule has 2 aromatic carbocycles. The molecular formula is C19H20FNO3. The fraction of sp³-hybridized carbons (Fsp3) is 0.316. The number of aliphatic hydroxyl groups excluding tert-OH is 1. The molecule has 0 spiro atoms. The van der Waals surface area contributed by atoms with Gasteiger partial charge >= 0.3 is 0 Å². The first-order valence-corrected chi connectivity index (χ1v) is 8.07. The van der Waals surface area contributed by atoms with Gasteiger partial charge in [-0.25, -0.2) is 4.39 Å². The first-order valence-electron chi connectivity index (χ1n) is 8.07. The fourth-order valence-corrected chi connectivity index (χ4v) is 2.86. The molecule has 0 aliphatic carbocycles. The quantitative estimate of drug-likeness (QED) is 0.918. The molecule has 1 N–H and O–H groups in total. The highest BCUT2D eigenvalue weighted by atomic mass is 19.1. The van der Waals surface area contributed by atoms with Crippen LogP contribution in [0.15, 0.2) is 42.5 Å². The Morgan fingerprint density at radius 1 is 1.21 bits per heavy atom. The Labute approximate surface area is 140 Å². The number of benzene rings is 2. The van der Waals surface area contributed by atoms with E-state index in [2.05, 4.69) is 0 Å². The van der Waals surface area contributed by atoms with Crippen LogP contribution in [0.5, 0.6) is 5.75 Å². The molecule has 5 heteroatoms. The Morgan fingerprint density at radius 3 is 2.75 bits per heavy atom. The number of carbonyl (C=O) groups is 1. The Morgan fingerprint density at radius 2 is 2.00 bits per heavy atom. The van der Waals surface area contributed by atoms with Gasteiger partial charge in [0.1, 0.15) is 11.6 Å². The van der Waals surface area contributed by atoms with Crippen LogP contribution in [-0.4, -0.2) is 35.7 Å². The molecule has 1 aliphatic rings. The summed E-state index contributed by atoms with van der Waals surface area (Å²) >= 11 is 0. The van der Waals surface area contributed by atoms with Gasteiger partial charge in [0, 0.05) is 18.7 Å². The zero-order valence-corrected chi connectivity index (χ0v) is 13.4. The van der Waals surface area contributed by atoms with E-state index < -0.39 is 0 Å². The van der Waals surface area contributed by atoms with Gasteiger partial charge in [-0.15, -0.1) is 0 Å². The zero-order chi connectivity index (χ0) is 16.9. The van der Waals surface area contributed by atoms with E-state index in [0.29, 0.717) is 18.7 Å². The van der Waals surface area contributed by atoms with E-state index >= 15 is 0 Å². The van der Waals surface area contributed by atoms with Gasteiger partial charge in [-0.2, -0.15) is 0 Å². The molecule has 0 saturated heterocycles. The molecule has 0 aromatic heterocycles. The summed E-state index contributed by atoms with van der Waals surface area (Å²) in [4.78, 5) is 14.4. The number of fused-ring (bicyclic) bond motifs is 1. The molecule has 0 bridgehead atoms. The molecule has 126 valence electrons. The van der Waals surface area contributed by atoms with Crippen molar-refractivity contribution in [2.45, 2.75) is 19.4 Å². The second-order valence-corrected chi connectivity index (χ2v) is 5.85. The molecule has 0 saturated carbocycles. The lowest BCUT2D eigenvalue weighted by Crippen LogP contribution is -2.33. The van der Waals surface area contributed by atoms with Crippen molar-refractivity contribution >= 4 is 5.91 Å². The number of amides is 1. The molecule has 0 unspecified atom stereocenters. The van der Waals surface area contributed by atoms with E-state index in [1.165, 1.54) is 12.1 Å². The third-order valence-electron chi connectivity index (χ3n) is 4.10. The normalized spacial score (nSPS) is 13.1. The Balaban J connectivity index is 1.79. The van der Waals surface area contributed by atoms with Crippen LogP contribution in [0.1, 0.15) is 27.9 Å². The maximum Gasteiger partial charge on any atom is 0.254 e. The average molecular weight is 329 g/mol. The van der Waals surface area contributed by atoms with E-state index in [0.717, 1.165) is 29.7 Å². The van der Waals surface area contributed by atoms with Crippen molar-refractivity contribution in [1.82, 2.24) is 4.90 Å². The Hall–Kier alpha value is -2.40. The lowest BCUT2D eigenvalue weighted by Gasteiger charge is -2.23. The number of hydrogen-bond acceptors (Lipinski definition) is 3. The van der Waals surface area contributed by atoms with E-state index in [1.807, 2.05) is 12.1 Å². The second kappa shape index (κ2) is 7.45. The van der Waals surface area contributed by atoms with Gasteiger partial charge in [-0.1, -0.05) is 12.1 Å². The van der Waals surface area contributed by atoms with Crippen molar-refractivity contribution in [2.24, 2.45) is 0 Å². The molecule has 4 nitrogen and oxygen atoms in total. The lowest BCUT2D eigenvalue weighted by molar-refractivity contribution is 0.0707. The van der Waals surface area contributed by atoms with Crippen LogP contribution in [0.25, 0.3) is 0 Å². The fourth-order valence-electron chi connectivity index (χ4n) is 2.86. The standard InChI is InChI=1S/C19H20FNO3/c20-17-6-3-14(4-7-17)13-21(9-10-22)19(23)16-5-8-18-15(12-16)2-1-11-24-18/h3-8,12,22H,1-2,9-11,13H2. The topological polar surface area (TPSA) is 49.8 Å². The number of nitrogens with zero attached hydrogens (tertiary/aromatic N) is 1. The first-order chi connectivity index (χ1) is 11.7. The molecule has 3 rings (SSSR count). The van der Waals surface area contributed by atoms with Crippen LogP contribution in [0.2, 0.25) is 0 Å². The summed E-state index contributed by atoms with van der Waals surface area (Å²) in [6, 6.07) is 11.5. The maximum atomic E-state index is 13.0. The van der Waals surface area contributed by atoms with Gasteiger partial charge in [0.2, 0.25) is 0 Å². The number of rotatable bonds is 5. The van der Waals surface area contributed by atoms with Gasteiger partial charge in [0.05, 0.1) is 13.2 Å². The van der Waals surface area contributed by atoms with Gasteiger partial charge in [0.25, 0.3) is 5.91 Å². The third-order valence-corrected chi connectivity index (χ3v) is 4.10. The van der Waals surface area contributed by atoms with E-state index in [9.17, 15) is 14.3 Å². The maximum absolute atomic E-state index is 13.0. The highest BCUT2D eigenvalue weighted by molar-refractivity contribution is 5.94. The average Bonchev–Trinajstić information content (AvgIpc) is 2.62. The van der Waals surface area contributed by atoms with Crippen LogP contribution in [0.3, 0.4) is 0 Å². The molecule has 1 heterocycles. The van der Waals surface area contributed by atoms with Gasteiger partial charge in [-0.05, 0) is 54.3 Å². The second-order valence-electron chi connectivity index (χ2n) is 5.85. The zero-order valence-electron chi connectivity index (χ0n) is 13.4. The van der Waals surface area contributed by atoms with Crippen molar-refractivity contribution in [3.05, 3.63) is 65.0 Å². The summed E-state index contributed by atoms with van der Waals surface area (Å²) in [5.41, 5.74) is 2.44. The molecule has 2 aromatic rings. The largest absolute Gasteiger partial charge is 0.493 e. The van der Waals surface area contributed by atoms with Crippen molar-refractivity contribution in [3.8, 4) is 5.75 Å². The first kappa shape index (κ1) is 16.5. The summed E-state index contributed by atoms with van der Waals surface area (Å²) < 4.78 is 18.6. The molecule has 1 aliphatic heterocycles. The number of ether oxygens (including phenoxy) is 1. The Kier molecular flexibility index (Phi) is 5.11. The summed E-state index contributed by atoms with van der Waals surface area (Å²) in [5, 5.41) is 9.27. The minimum atomic E-state index is -0.312. The predicted octanol–water partition coefficient (Wildman–Crippen LogP) is 2.79. The summed E-state index contributed by atoms with van der Waals surface area (Å²) in [6.07, 6.45) is 1.84. The van der Waals surface area contributed by atoms with E-state index in [4.69, 9.17) is 4.74 Å². The molecule has 0 atom stereocenters. The Bertz CT molecular complexity index is 715. The summed E-state index contributed by atoms with van der Waals surface area (Å²) in [7, 11) is 0. The van der Waals surface area contributed by atoms with Crippen LogP contribution >= 0.6 is 0 Å². The van der Waals surface area contributed by atoms with Crippen molar-refractivity contribution < 1.29 is 19.0 Å². The number of aliphatic hydroxyl groups is 1. The molecule has 0 fully saturated rings. The smallest absolute Gasteiger partial charge is 0.254 e. The molecule has 1 amide bonds. The highest BCUT2D eigenvalue weighted by Gasteiger charge is 2.19. The molecular weight excluding hydrogens is 309 g/mol. The van der Waals surface area contributed by atoms with Crippen molar-refractivity contribution in [1.29, 1.82) is 0 Å². The van der Waals surface area contributed by atoms with Crippen LogP contribution in [-0.2, 0) is 13.0 Å². The van der Waals surface area contributed by atoms with Gasteiger partial charge < -0.3 is 14.7 Å². The SMILES string of the molecule is O=C(c1ccc2c(c1)CCCO2)N(CCO)Cc1ccc(F)cc1. The number of hydrogen-bond donors (Lipinski definition) is 1. The van der Waals surface area contributed by atoms with Crippen LogP contribution in [0.4, 0.5) is 4.39 Å². The highest BCUT2D eigenvalue weighted by Crippen LogP contribution is 2.26. The van der Waals surface area contributed by atoms with Crippen molar-refractivity contribution in [3.63, 3.8) is 0 Å². The van der Waals surface area contributed by atoms with Gasteiger partial charge in [-0.3, -0.25) is 4.79 Å². The molecule has 0 radical (unpaired) electrons. The summed E-state index contributed by atoms with van der Waals surface area (Å²) in [6.45, 7) is 1.14. The minimum absolute atomic E-state index is 0.124. The minimum Gasteiger partial charge on any atom is -0.493 e. The lowest BCUT2D eigenvalue weighted by atomic mass is 10.0. The number of halogens is 1. The van der Waals surface area contributed by atoms with Crippen molar-refractivity contribution in [2.75, 3.05) is 19.8 Å². The summed E-state index contributed by atoms with van der Waals surface area (Å²) in [5.74, 6) is 0.375. The third kappa shape index (κ3) is 3.74. The van der Waals surface area contributed by atoms with Crippen LogP contribution < -0.4 is 4.74 Å².